The maximum absolute atomic E-state index is 13.9. The van der Waals surface area contributed by atoms with E-state index in [1.807, 2.05) is 0 Å². The molecule has 11 heteroatoms. The second-order valence-electron chi connectivity index (χ2n) is 7.75. The molecule has 180 valence electrons. The van der Waals surface area contributed by atoms with Gasteiger partial charge in [0.2, 0.25) is 0 Å². The van der Waals surface area contributed by atoms with E-state index >= 15 is 0 Å². The molecule has 0 radical (unpaired) electrons. The summed E-state index contributed by atoms with van der Waals surface area (Å²) in [5.74, 6) is 0.526. The molecule has 1 aliphatic rings. The number of alkyl halides is 3. The van der Waals surface area contributed by atoms with Crippen LogP contribution in [0.4, 0.5) is 19.0 Å². The number of hydrogen-bond acceptors (Lipinski definition) is 5. The van der Waals surface area contributed by atoms with Gasteiger partial charge in [-0.3, -0.25) is 4.79 Å². The number of ether oxygens (including phenoxy) is 2. The van der Waals surface area contributed by atoms with Crippen molar-refractivity contribution in [3.63, 3.8) is 0 Å². The molecule has 0 bridgehead atoms. The summed E-state index contributed by atoms with van der Waals surface area (Å²) in [7, 11) is 3.05. The van der Waals surface area contributed by atoms with Crippen molar-refractivity contribution in [2.75, 3.05) is 19.5 Å². The maximum atomic E-state index is 13.9. The predicted octanol–water partition coefficient (Wildman–Crippen LogP) is 5.14. The Kier molecular flexibility index (Phi) is 6.60. The first-order chi connectivity index (χ1) is 16.2. The first-order valence-electron chi connectivity index (χ1n) is 10.4. The Morgan fingerprint density at radius 1 is 1.12 bits per heavy atom. The van der Waals surface area contributed by atoms with Gasteiger partial charge in [-0.05, 0) is 35.4 Å². The van der Waals surface area contributed by atoms with Gasteiger partial charge in [-0.2, -0.15) is 18.3 Å². The third-order valence-corrected chi connectivity index (χ3v) is 6.00. The second-order valence-corrected chi connectivity index (χ2v) is 8.13. The highest BCUT2D eigenvalue weighted by Gasteiger charge is 2.47. The molecule has 0 spiro atoms. The topological polar surface area (TPSA) is 77.4 Å². The molecule has 3 aromatic rings. The molecule has 2 N–H and O–H groups in total. The van der Waals surface area contributed by atoms with E-state index in [0.29, 0.717) is 17.1 Å². The van der Waals surface area contributed by atoms with Gasteiger partial charge in [-0.15, -0.1) is 0 Å². The van der Waals surface area contributed by atoms with Crippen molar-refractivity contribution >= 4 is 23.3 Å². The monoisotopic (exact) mass is 494 g/mol. The molecule has 2 aromatic carbocycles. The van der Waals surface area contributed by atoms with Crippen LogP contribution in [0, 0.1) is 0 Å². The number of halogens is 4. The number of nitrogens with zero attached hydrogens (tertiary/aromatic N) is 2. The molecule has 0 fully saturated rings. The van der Waals surface area contributed by atoms with Crippen molar-refractivity contribution in [1.82, 2.24) is 15.1 Å². The summed E-state index contributed by atoms with van der Waals surface area (Å²) in [6, 6.07) is 11.1. The van der Waals surface area contributed by atoms with E-state index in [2.05, 4.69) is 15.7 Å². The van der Waals surface area contributed by atoms with E-state index in [0.717, 1.165) is 10.2 Å². The van der Waals surface area contributed by atoms with Crippen LogP contribution < -0.4 is 20.1 Å². The molecule has 0 unspecified atom stereocenters. The van der Waals surface area contributed by atoms with Crippen molar-refractivity contribution in [2.45, 2.75) is 31.2 Å². The molecule has 1 aromatic heterocycles. The van der Waals surface area contributed by atoms with Crippen molar-refractivity contribution in [3.05, 3.63) is 70.4 Å². The summed E-state index contributed by atoms with van der Waals surface area (Å²) in [5.41, 5.74) is 1.13. The van der Waals surface area contributed by atoms with Crippen molar-refractivity contribution in [1.29, 1.82) is 0 Å². The van der Waals surface area contributed by atoms with E-state index in [1.54, 1.807) is 55.6 Å². The number of amides is 1. The van der Waals surface area contributed by atoms with Gasteiger partial charge in [-0.25, -0.2) is 4.68 Å². The van der Waals surface area contributed by atoms with Crippen molar-refractivity contribution in [2.24, 2.45) is 0 Å². The number of aromatic nitrogens is 2. The van der Waals surface area contributed by atoms with E-state index in [1.165, 1.54) is 7.11 Å². The van der Waals surface area contributed by atoms with Crippen LogP contribution >= 0.6 is 11.6 Å². The Bertz CT molecular complexity index is 1160. The molecule has 0 aliphatic carbocycles. The molecule has 4 rings (SSSR count). The van der Waals surface area contributed by atoms with Crippen molar-refractivity contribution < 1.29 is 27.4 Å². The van der Waals surface area contributed by atoms with E-state index in [9.17, 15) is 18.0 Å². The standard InChI is InChI=1S/C23H22ClF3N4O3/c1-33-15-7-3-13(4-8-15)12-28-22(32)20-19(24)21-29-17(14-5-9-16(34-2)10-6-14)11-18(23(25,26)27)31(21)30-20/h3-10,17-18,29H,11-12H2,1-2H3,(H,28,32)/t17-,18-/m0/s1. The summed E-state index contributed by atoms with van der Waals surface area (Å²) in [6.45, 7) is 0.145. The molecule has 7 nitrogen and oxygen atoms in total. The fraction of sp³-hybridized carbons (Fsp3) is 0.304. The Balaban J connectivity index is 1.59. The smallest absolute Gasteiger partial charge is 0.410 e. The van der Waals surface area contributed by atoms with Gasteiger partial charge in [0, 0.05) is 13.0 Å². The average molecular weight is 495 g/mol. The highest BCUT2D eigenvalue weighted by molar-refractivity contribution is 6.36. The zero-order valence-corrected chi connectivity index (χ0v) is 19.1. The summed E-state index contributed by atoms with van der Waals surface area (Å²) < 4.78 is 52.8. The lowest BCUT2D eigenvalue weighted by Crippen LogP contribution is -2.35. The van der Waals surface area contributed by atoms with E-state index in [4.69, 9.17) is 21.1 Å². The normalized spacial score (nSPS) is 17.5. The molecule has 1 amide bonds. The average Bonchev–Trinajstić information content (AvgIpc) is 3.18. The summed E-state index contributed by atoms with van der Waals surface area (Å²) in [4.78, 5) is 12.7. The molecule has 34 heavy (non-hydrogen) atoms. The number of carbonyl (C=O) groups is 1. The van der Waals surface area contributed by atoms with E-state index in [-0.39, 0.29) is 29.5 Å². The number of hydrogen-bond donors (Lipinski definition) is 2. The number of carbonyl (C=O) groups excluding carboxylic acids is 1. The van der Waals surface area contributed by atoms with Crippen LogP contribution in [0.25, 0.3) is 0 Å². The molecule has 0 saturated carbocycles. The third kappa shape index (κ3) is 4.77. The maximum Gasteiger partial charge on any atom is 0.410 e. The van der Waals surface area contributed by atoms with Gasteiger partial charge in [0.25, 0.3) is 5.91 Å². The molecule has 2 atom stereocenters. The van der Waals surface area contributed by atoms with Crippen LogP contribution in [0.2, 0.25) is 5.02 Å². The van der Waals surface area contributed by atoms with E-state index < -0.39 is 24.2 Å². The molecular formula is C23H22ClF3N4O3. The Morgan fingerprint density at radius 3 is 2.26 bits per heavy atom. The molecular weight excluding hydrogens is 473 g/mol. The lowest BCUT2D eigenvalue weighted by Gasteiger charge is -2.33. The fourth-order valence-electron chi connectivity index (χ4n) is 3.80. The Labute approximate surface area is 198 Å². The SMILES string of the molecule is COc1ccc(CNC(=O)c2nn3c(c2Cl)N[C@H](c2ccc(OC)cc2)C[C@H]3C(F)(F)F)cc1. The highest BCUT2D eigenvalue weighted by atomic mass is 35.5. The first kappa shape index (κ1) is 23.7. The zero-order chi connectivity index (χ0) is 24.5. The van der Waals surface area contributed by atoms with Crippen molar-refractivity contribution in [3.8, 4) is 11.5 Å². The van der Waals surface area contributed by atoms with Gasteiger partial charge < -0.3 is 20.1 Å². The lowest BCUT2D eigenvalue weighted by molar-refractivity contribution is -0.173. The quantitative estimate of drug-likeness (QED) is 0.496. The largest absolute Gasteiger partial charge is 0.497 e. The highest BCUT2D eigenvalue weighted by Crippen LogP contribution is 2.46. The van der Waals surface area contributed by atoms with Crippen LogP contribution in [0.1, 0.15) is 40.1 Å². The Morgan fingerprint density at radius 2 is 1.71 bits per heavy atom. The van der Waals surface area contributed by atoms with Gasteiger partial charge >= 0.3 is 6.18 Å². The zero-order valence-electron chi connectivity index (χ0n) is 18.3. The third-order valence-electron chi connectivity index (χ3n) is 5.64. The number of rotatable bonds is 6. The van der Waals surface area contributed by atoms with Crippen LogP contribution in [0.15, 0.2) is 48.5 Å². The number of benzene rings is 2. The minimum Gasteiger partial charge on any atom is -0.497 e. The Hall–Kier alpha value is -3.40. The summed E-state index contributed by atoms with van der Waals surface area (Å²) >= 11 is 6.36. The van der Waals surface area contributed by atoms with Gasteiger partial charge in [-0.1, -0.05) is 35.9 Å². The first-order valence-corrected chi connectivity index (χ1v) is 10.8. The number of methoxy groups -OCH3 is 2. The minimum absolute atomic E-state index is 0.0503. The minimum atomic E-state index is -4.59. The fourth-order valence-corrected chi connectivity index (χ4v) is 4.06. The van der Waals surface area contributed by atoms with Gasteiger partial charge in [0.05, 0.1) is 20.3 Å². The summed E-state index contributed by atoms with van der Waals surface area (Å²) in [6.07, 6.45) is -4.90. The predicted molar refractivity (Wildman–Crippen MR) is 120 cm³/mol. The lowest BCUT2D eigenvalue weighted by atomic mass is 9.97. The number of nitrogens with one attached hydrogen (secondary N) is 2. The molecule has 0 saturated heterocycles. The van der Waals surface area contributed by atoms with Crippen LogP contribution in [0.3, 0.4) is 0 Å². The van der Waals surface area contributed by atoms with Crippen LogP contribution in [0.5, 0.6) is 11.5 Å². The summed E-state index contributed by atoms with van der Waals surface area (Å²) in [5, 5.41) is 9.44. The second kappa shape index (κ2) is 9.46. The molecule has 2 heterocycles. The number of fused-ring (bicyclic) bond motifs is 1. The van der Waals surface area contributed by atoms with Crippen LogP contribution in [-0.2, 0) is 6.54 Å². The molecule has 1 aliphatic heterocycles. The van der Waals surface area contributed by atoms with Crippen LogP contribution in [-0.4, -0.2) is 36.1 Å². The van der Waals surface area contributed by atoms with Gasteiger partial charge in [0.1, 0.15) is 22.3 Å². The van der Waals surface area contributed by atoms with Gasteiger partial charge in [0.15, 0.2) is 11.7 Å². The number of anilines is 1.